The molecule has 2 aromatic heterocycles. The van der Waals surface area contributed by atoms with Crippen LogP contribution in [-0.2, 0) is 11.3 Å². The summed E-state index contributed by atoms with van der Waals surface area (Å²) in [6.07, 6.45) is -3.29. The fourth-order valence-electron chi connectivity index (χ4n) is 2.65. The van der Waals surface area contributed by atoms with Gasteiger partial charge in [-0.05, 0) is 30.2 Å². The van der Waals surface area contributed by atoms with Gasteiger partial charge in [-0.3, -0.25) is 0 Å². The Labute approximate surface area is 190 Å². The molecule has 0 spiro atoms. The predicted octanol–water partition coefficient (Wildman–Crippen LogP) is 4.81. The van der Waals surface area contributed by atoms with Crippen molar-refractivity contribution in [1.82, 2.24) is 19.5 Å². The van der Waals surface area contributed by atoms with E-state index in [1.165, 1.54) is 11.8 Å². The summed E-state index contributed by atoms with van der Waals surface area (Å²) < 4.78 is 49.3. The zero-order valence-corrected chi connectivity index (χ0v) is 19.5. The molecule has 7 nitrogen and oxygen atoms in total. The zero-order chi connectivity index (χ0) is 23.1. The SMILES string of the molecule is CC(C)COc1ccc(Sc2nc(N)nc3c2ncn3CCOCPCC(F)(F)F)cc1. The van der Waals surface area contributed by atoms with Crippen LogP contribution in [-0.4, -0.2) is 51.4 Å². The van der Waals surface area contributed by atoms with Gasteiger partial charge in [0.25, 0.3) is 0 Å². The van der Waals surface area contributed by atoms with Crippen molar-refractivity contribution in [3.63, 3.8) is 0 Å². The summed E-state index contributed by atoms with van der Waals surface area (Å²) in [5.41, 5.74) is 7.05. The fraction of sp³-hybridized carbons (Fsp3) is 0.450. The number of alkyl halides is 3. The average Bonchev–Trinajstić information content (AvgIpc) is 3.12. The molecule has 0 saturated carbocycles. The van der Waals surface area contributed by atoms with Gasteiger partial charge in [0.05, 0.1) is 32.1 Å². The van der Waals surface area contributed by atoms with E-state index >= 15 is 0 Å². The lowest BCUT2D eigenvalue weighted by atomic mass is 10.2. The number of benzene rings is 1. The van der Waals surface area contributed by atoms with Gasteiger partial charge in [-0.2, -0.15) is 18.2 Å². The monoisotopic (exact) mass is 487 g/mol. The lowest BCUT2D eigenvalue weighted by Gasteiger charge is -2.09. The molecule has 0 bridgehead atoms. The molecule has 0 aliphatic carbocycles. The maximum Gasteiger partial charge on any atom is 0.392 e. The second-order valence-electron chi connectivity index (χ2n) is 7.37. The van der Waals surface area contributed by atoms with E-state index in [1.807, 2.05) is 24.3 Å². The van der Waals surface area contributed by atoms with Crippen LogP contribution in [0.4, 0.5) is 19.1 Å². The zero-order valence-electron chi connectivity index (χ0n) is 17.7. The van der Waals surface area contributed by atoms with Gasteiger partial charge in [0.1, 0.15) is 16.3 Å². The quantitative estimate of drug-likeness (QED) is 0.236. The molecule has 1 unspecified atom stereocenters. The summed E-state index contributed by atoms with van der Waals surface area (Å²) >= 11 is 1.42. The molecule has 2 heterocycles. The molecule has 1 atom stereocenters. The molecule has 32 heavy (non-hydrogen) atoms. The normalized spacial score (nSPS) is 12.4. The molecule has 0 aliphatic rings. The maximum atomic E-state index is 12.2. The van der Waals surface area contributed by atoms with E-state index < -0.39 is 12.3 Å². The number of nitrogens with two attached hydrogens (primary N) is 1. The third-order valence-electron chi connectivity index (χ3n) is 4.08. The van der Waals surface area contributed by atoms with Crippen LogP contribution in [0.25, 0.3) is 11.2 Å². The minimum atomic E-state index is -4.15. The topological polar surface area (TPSA) is 88.1 Å². The van der Waals surface area contributed by atoms with Crippen molar-refractivity contribution in [2.75, 3.05) is 31.5 Å². The lowest BCUT2D eigenvalue weighted by Crippen LogP contribution is -2.11. The first kappa shape index (κ1) is 24.5. The van der Waals surface area contributed by atoms with Gasteiger partial charge in [0.15, 0.2) is 5.65 Å². The van der Waals surface area contributed by atoms with Crippen molar-refractivity contribution in [3.05, 3.63) is 30.6 Å². The van der Waals surface area contributed by atoms with Crippen LogP contribution in [0.3, 0.4) is 0 Å². The number of hydrogen-bond acceptors (Lipinski definition) is 7. The number of hydrogen-bond donors (Lipinski definition) is 1. The maximum absolute atomic E-state index is 12.2. The van der Waals surface area contributed by atoms with Crippen molar-refractivity contribution >= 4 is 37.5 Å². The Hall–Kier alpha value is -2.10. The number of rotatable bonds is 11. The first-order chi connectivity index (χ1) is 15.2. The molecule has 0 aliphatic heterocycles. The molecule has 0 amide bonds. The summed E-state index contributed by atoms with van der Waals surface area (Å²) in [6.45, 7) is 5.48. The molecule has 12 heteroatoms. The van der Waals surface area contributed by atoms with Gasteiger partial charge in [0.2, 0.25) is 5.95 Å². The number of aromatic nitrogens is 4. The minimum absolute atomic E-state index is 0.0707. The Morgan fingerprint density at radius 3 is 2.62 bits per heavy atom. The summed E-state index contributed by atoms with van der Waals surface area (Å²) in [5, 5.41) is 0.620. The van der Waals surface area contributed by atoms with Gasteiger partial charge in [-0.25, -0.2) is 9.97 Å². The van der Waals surface area contributed by atoms with E-state index in [0.717, 1.165) is 10.6 Å². The number of ether oxygens (including phenoxy) is 2. The van der Waals surface area contributed by atoms with Crippen LogP contribution in [0, 0.1) is 5.92 Å². The highest BCUT2D eigenvalue weighted by Crippen LogP contribution is 2.32. The van der Waals surface area contributed by atoms with Crippen molar-refractivity contribution < 1.29 is 22.6 Å². The molecule has 3 aromatic rings. The van der Waals surface area contributed by atoms with E-state index in [1.54, 1.807) is 10.9 Å². The number of fused-ring (bicyclic) bond motifs is 1. The lowest BCUT2D eigenvalue weighted by molar-refractivity contribution is -0.106. The van der Waals surface area contributed by atoms with E-state index in [2.05, 4.69) is 28.8 Å². The van der Waals surface area contributed by atoms with Crippen LogP contribution < -0.4 is 10.5 Å². The van der Waals surface area contributed by atoms with Crippen molar-refractivity contribution in [1.29, 1.82) is 0 Å². The third kappa shape index (κ3) is 7.50. The average molecular weight is 487 g/mol. The second-order valence-corrected chi connectivity index (χ2v) is 9.57. The van der Waals surface area contributed by atoms with Crippen LogP contribution >= 0.6 is 20.3 Å². The Morgan fingerprint density at radius 1 is 1.19 bits per heavy atom. The molecule has 3 rings (SSSR count). The molecule has 2 N–H and O–H groups in total. The summed E-state index contributed by atoms with van der Waals surface area (Å²) in [4.78, 5) is 13.9. The van der Waals surface area contributed by atoms with Crippen molar-refractivity contribution in [2.24, 2.45) is 5.92 Å². The van der Waals surface area contributed by atoms with E-state index in [4.69, 9.17) is 15.2 Å². The Morgan fingerprint density at radius 2 is 1.94 bits per heavy atom. The van der Waals surface area contributed by atoms with Crippen molar-refractivity contribution in [3.8, 4) is 5.75 Å². The molecule has 1 aromatic carbocycles. The number of nitrogens with zero attached hydrogens (tertiary/aromatic N) is 4. The number of anilines is 1. The van der Waals surface area contributed by atoms with Crippen LogP contribution in [0.2, 0.25) is 0 Å². The van der Waals surface area contributed by atoms with Gasteiger partial charge in [-0.1, -0.05) is 34.2 Å². The van der Waals surface area contributed by atoms with Crippen LogP contribution in [0.1, 0.15) is 13.8 Å². The molecular weight excluding hydrogens is 462 g/mol. The van der Waals surface area contributed by atoms with E-state index in [0.29, 0.717) is 35.3 Å². The van der Waals surface area contributed by atoms with Gasteiger partial charge >= 0.3 is 6.18 Å². The molecule has 0 saturated heterocycles. The Kier molecular flexibility index (Phi) is 8.56. The predicted molar refractivity (Wildman–Crippen MR) is 121 cm³/mol. The second kappa shape index (κ2) is 11.2. The molecular formula is C20H25F3N5O2PS. The van der Waals surface area contributed by atoms with E-state index in [-0.39, 0.29) is 27.5 Å². The summed E-state index contributed by atoms with van der Waals surface area (Å²) in [7, 11) is -0.313. The number of halogens is 3. The number of nitrogen functional groups attached to an aromatic ring is 1. The molecule has 0 radical (unpaired) electrons. The first-order valence-corrected chi connectivity index (χ1v) is 12.2. The van der Waals surface area contributed by atoms with Crippen LogP contribution in [0.15, 0.2) is 40.5 Å². The van der Waals surface area contributed by atoms with Crippen molar-refractivity contribution in [2.45, 2.75) is 36.5 Å². The van der Waals surface area contributed by atoms with Gasteiger partial charge in [-0.15, -0.1) is 0 Å². The number of imidazole rings is 1. The highest BCUT2D eigenvalue weighted by molar-refractivity contribution is 7.99. The third-order valence-corrected chi connectivity index (χ3v) is 6.12. The Bertz CT molecular complexity index is 1010. The van der Waals surface area contributed by atoms with Gasteiger partial charge in [0, 0.05) is 11.4 Å². The highest BCUT2D eigenvalue weighted by atomic mass is 32.2. The summed E-state index contributed by atoms with van der Waals surface area (Å²) in [6, 6.07) is 7.69. The molecule has 174 valence electrons. The smallest absolute Gasteiger partial charge is 0.392 e. The van der Waals surface area contributed by atoms with Crippen LogP contribution in [0.5, 0.6) is 5.75 Å². The minimum Gasteiger partial charge on any atom is -0.493 e. The van der Waals surface area contributed by atoms with E-state index in [9.17, 15) is 13.2 Å². The highest BCUT2D eigenvalue weighted by Gasteiger charge is 2.26. The standard InChI is InChI=1S/C20H25F3N5O2PS/c1-13(2)9-30-14-3-5-15(6-4-14)32-18-16-17(26-19(24)27-18)28(11-25-16)7-8-29-12-31-10-20(21,22)23/h3-6,11,13,31H,7-10,12H2,1-2H3,(H2,24,26,27). The Balaban J connectivity index is 1.62. The largest absolute Gasteiger partial charge is 0.493 e. The molecule has 0 fully saturated rings. The fourth-order valence-corrected chi connectivity index (χ4v) is 4.20. The first-order valence-electron chi connectivity index (χ1n) is 9.95. The van der Waals surface area contributed by atoms with Gasteiger partial charge < -0.3 is 19.8 Å². The summed E-state index contributed by atoms with van der Waals surface area (Å²) in [5.74, 6) is 1.36.